The zero-order valence-electron chi connectivity index (χ0n) is 16.9. The predicted octanol–water partition coefficient (Wildman–Crippen LogP) is 7.53. The van der Waals surface area contributed by atoms with E-state index in [1.165, 1.54) is 57.8 Å². The number of rotatable bonds is 18. The van der Waals surface area contributed by atoms with Gasteiger partial charge in [0.15, 0.2) is 0 Å². The second-order valence-corrected chi connectivity index (χ2v) is 6.94. The third-order valence-electron chi connectivity index (χ3n) is 4.37. The van der Waals surface area contributed by atoms with Crippen LogP contribution in [0.1, 0.15) is 110 Å². The molecule has 2 heteroatoms. The smallest absolute Gasteiger partial charge is 0.305 e. The molecule has 0 unspecified atom stereocenters. The number of carbonyl (C=O) groups is 1. The number of unbranched alkanes of at least 4 members (excludes halogenated alkanes) is 11. The first-order chi connectivity index (χ1) is 12.3. The van der Waals surface area contributed by atoms with Crippen LogP contribution >= 0.6 is 0 Å². The first kappa shape index (κ1) is 23.9. The van der Waals surface area contributed by atoms with Crippen LogP contribution in [0.5, 0.6) is 0 Å². The number of hydrogen-bond acceptors (Lipinski definition) is 2. The molecule has 0 aromatic rings. The summed E-state index contributed by atoms with van der Waals surface area (Å²) in [5, 5.41) is 0. The molecule has 0 saturated carbocycles. The average Bonchev–Trinajstić information content (AvgIpc) is 2.62. The van der Waals surface area contributed by atoms with Crippen LogP contribution in [0.4, 0.5) is 0 Å². The van der Waals surface area contributed by atoms with Gasteiger partial charge < -0.3 is 4.74 Å². The second-order valence-electron chi connectivity index (χ2n) is 6.94. The van der Waals surface area contributed by atoms with Gasteiger partial charge in [-0.25, -0.2) is 0 Å². The number of carbonyl (C=O) groups excluding carboxylic acids is 1. The number of ether oxygens (including phenoxy) is 1. The normalized spacial score (nSPS) is 11.6. The fraction of sp³-hybridized carbons (Fsp3) is 0.783. The maximum absolute atomic E-state index is 11.5. The molecule has 146 valence electrons. The van der Waals surface area contributed by atoms with E-state index in [0.717, 1.165) is 32.1 Å². The standard InChI is InChI=1S/C23H42O2/c1-3-5-7-8-9-10-11-12-13-14-15-16-17-18-19-21-23(24)25-22-20-6-4-2/h11-14H,3-10,15-22H2,1-2H3/b12-11+,14-13+. The fourth-order valence-electron chi connectivity index (χ4n) is 2.71. The van der Waals surface area contributed by atoms with E-state index in [4.69, 9.17) is 4.74 Å². The van der Waals surface area contributed by atoms with Crippen molar-refractivity contribution >= 4 is 5.97 Å². The number of hydrogen-bond donors (Lipinski definition) is 0. The van der Waals surface area contributed by atoms with Crippen molar-refractivity contribution in [3.63, 3.8) is 0 Å². The van der Waals surface area contributed by atoms with Gasteiger partial charge in [-0.3, -0.25) is 4.79 Å². The van der Waals surface area contributed by atoms with E-state index in [9.17, 15) is 4.79 Å². The molecule has 0 heterocycles. The van der Waals surface area contributed by atoms with Crippen molar-refractivity contribution in [3.8, 4) is 0 Å². The molecule has 0 atom stereocenters. The van der Waals surface area contributed by atoms with E-state index in [1.807, 2.05) is 0 Å². The molecule has 0 aliphatic rings. The second kappa shape index (κ2) is 21.0. The molecule has 25 heavy (non-hydrogen) atoms. The summed E-state index contributed by atoms with van der Waals surface area (Å²) in [6.45, 7) is 5.01. The topological polar surface area (TPSA) is 26.3 Å². The fourth-order valence-corrected chi connectivity index (χ4v) is 2.71. The van der Waals surface area contributed by atoms with Gasteiger partial charge in [0, 0.05) is 6.42 Å². The van der Waals surface area contributed by atoms with Gasteiger partial charge in [-0.1, -0.05) is 89.5 Å². The monoisotopic (exact) mass is 350 g/mol. The minimum absolute atomic E-state index is 0.0177. The molecule has 0 fully saturated rings. The molecule has 2 nitrogen and oxygen atoms in total. The Labute approximate surface area is 157 Å². The molecule has 0 amide bonds. The maximum atomic E-state index is 11.5. The van der Waals surface area contributed by atoms with Gasteiger partial charge in [0.05, 0.1) is 6.61 Å². The third kappa shape index (κ3) is 20.9. The summed E-state index contributed by atoms with van der Waals surface area (Å²) in [5.74, 6) is -0.0177. The van der Waals surface area contributed by atoms with Crippen LogP contribution in [0.15, 0.2) is 24.3 Å². The van der Waals surface area contributed by atoms with Crippen molar-refractivity contribution in [1.29, 1.82) is 0 Å². The molecule has 0 radical (unpaired) electrons. The summed E-state index contributed by atoms with van der Waals surface area (Å²) in [6.07, 6.45) is 26.5. The lowest BCUT2D eigenvalue weighted by Crippen LogP contribution is -2.05. The van der Waals surface area contributed by atoms with Gasteiger partial charge >= 0.3 is 5.97 Å². The van der Waals surface area contributed by atoms with Crippen molar-refractivity contribution in [2.45, 2.75) is 110 Å². The van der Waals surface area contributed by atoms with E-state index in [1.54, 1.807) is 0 Å². The highest BCUT2D eigenvalue weighted by molar-refractivity contribution is 5.69. The van der Waals surface area contributed by atoms with Crippen LogP contribution in [-0.2, 0) is 9.53 Å². The largest absolute Gasteiger partial charge is 0.466 e. The van der Waals surface area contributed by atoms with Crippen LogP contribution in [0.2, 0.25) is 0 Å². The van der Waals surface area contributed by atoms with Crippen LogP contribution in [0.3, 0.4) is 0 Å². The van der Waals surface area contributed by atoms with Gasteiger partial charge in [0.25, 0.3) is 0 Å². The zero-order chi connectivity index (χ0) is 18.4. The van der Waals surface area contributed by atoms with Crippen molar-refractivity contribution in [1.82, 2.24) is 0 Å². The number of esters is 1. The Bertz CT molecular complexity index is 331. The van der Waals surface area contributed by atoms with Gasteiger partial charge in [-0.15, -0.1) is 0 Å². The van der Waals surface area contributed by atoms with Gasteiger partial charge in [0.2, 0.25) is 0 Å². The molecule has 0 rings (SSSR count). The van der Waals surface area contributed by atoms with Crippen LogP contribution in [-0.4, -0.2) is 12.6 Å². The predicted molar refractivity (Wildman–Crippen MR) is 110 cm³/mol. The lowest BCUT2D eigenvalue weighted by molar-refractivity contribution is -0.143. The summed E-state index contributed by atoms with van der Waals surface area (Å²) in [6, 6.07) is 0. The molecular weight excluding hydrogens is 308 g/mol. The lowest BCUT2D eigenvalue weighted by atomic mass is 10.1. The highest BCUT2D eigenvalue weighted by Gasteiger charge is 2.01. The van der Waals surface area contributed by atoms with E-state index in [0.29, 0.717) is 13.0 Å². The van der Waals surface area contributed by atoms with E-state index in [2.05, 4.69) is 38.2 Å². The molecule has 0 bridgehead atoms. The molecule has 0 aliphatic carbocycles. The highest BCUT2D eigenvalue weighted by atomic mass is 16.5. The van der Waals surface area contributed by atoms with Crippen molar-refractivity contribution < 1.29 is 9.53 Å². The molecule has 0 aliphatic heterocycles. The minimum Gasteiger partial charge on any atom is -0.466 e. The van der Waals surface area contributed by atoms with E-state index >= 15 is 0 Å². The summed E-state index contributed by atoms with van der Waals surface area (Å²) < 4.78 is 5.21. The Morgan fingerprint density at radius 1 is 0.680 bits per heavy atom. The Balaban J connectivity index is 3.27. The molecule has 0 aromatic heterocycles. The molecule has 0 saturated heterocycles. The lowest BCUT2D eigenvalue weighted by Gasteiger charge is -2.04. The Hall–Kier alpha value is -1.05. The van der Waals surface area contributed by atoms with E-state index < -0.39 is 0 Å². The first-order valence-electron chi connectivity index (χ1n) is 10.8. The van der Waals surface area contributed by atoms with Crippen molar-refractivity contribution in [2.24, 2.45) is 0 Å². The average molecular weight is 351 g/mol. The Morgan fingerprint density at radius 2 is 1.20 bits per heavy atom. The van der Waals surface area contributed by atoms with Gasteiger partial charge in [-0.05, 0) is 38.5 Å². The summed E-state index contributed by atoms with van der Waals surface area (Å²) in [5.41, 5.74) is 0. The van der Waals surface area contributed by atoms with Gasteiger partial charge in [0.1, 0.15) is 0 Å². The van der Waals surface area contributed by atoms with E-state index in [-0.39, 0.29) is 5.97 Å². The van der Waals surface area contributed by atoms with Crippen LogP contribution in [0.25, 0.3) is 0 Å². The SMILES string of the molecule is CCCCCCC/C=C/C=C/CCCCCCC(=O)OCCCCC. The van der Waals surface area contributed by atoms with Crippen LogP contribution < -0.4 is 0 Å². The molecule has 0 aromatic carbocycles. The van der Waals surface area contributed by atoms with Crippen molar-refractivity contribution in [2.75, 3.05) is 6.61 Å². The molecule has 0 spiro atoms. The Kier molecular flexibility index (Phi) is 20.1. The quantitative estimate of drug-likeness (QED) is 0.145. The summed E-state index contributed by atoms with van der Waals surface area (Å²) in [7, 11) is 0. The molecular formula is C23H42O2. The Morgan fingerprint density at radius 3 is 1.80 bits per heavy atom. The third-order valence-corrected chi connectivity index (χ3v) is 4.37. The van der Waals surface area contributed by atoms with Crippen LogP contribution in [0, 0.1) is 0 Å². The minimum atomic E-state index is -0.0177. The first-order valence-corrected chi connectivity index (χ1v) is 10.8. The number of allylic oxidation sites excluding steroid dienone is 4. The summed E-state index contributed by atoms with van der Waals surface area (Å²) >= 11 is 0. The maximum Gasteiger partial charge on any atom is 0.305 e. The van der Waals surface area contributed by atoms with Gasteiger partial charge in [-0.2, -0.15) is 0 Å². The summed E-state index contributed by atoms with van der Waals surface area (Å²) in [4.78, 5) is 11.5. The molecule has 0 N–H and O–H groups in total. The highest BCUT2D eigenvalue weighted by Crippen LogP contribution is 2.08. The zero-order valence-corrected chi connectivity index (χ0v) is 16.9. The van der Waals surface area contributed by atoms with Crippen molar-refractivity contribution in [3.05, 3.63) is 24.3 Å².